The maximum Gasteiger partial charge on any atom is 0.309 e. The van der Waals surface area contributed by atoms with Gasteiger partial charge in [-0.2, -0.15) is 0 Å². The Kier molecular flexibility index (Phi) is 6.07. The zero-order valence-corrected chi connectivity index (χ0v) is 12.6. The van der Waals surface area contributed by atoms with Crippen LogP contribution in [0.1, 0.15) is 52.5 Å². The molecule has 2 nitrogen and oxygen atoms in total. The lowest BCUT2D eigenvalue weighted by Crippen LogP contribution is -2.32. The number of benzene rings is 1. The van der Waals surface area contributed by atoms with Crippen LogP contribution in [-0.2, 0) is 16.1 Å². The first-order valence-electron chi connectivity index (χ1n) is 7.21. The zero-order chi connectivity index (χ0) is 14.3. The van der Waals surface area contributed by atoms with Crippen molar-refractivity contribution in [1.82, 2.24) is 0 Å². The SMILES string of the molecule is CCCC(C(=O)OCc1ccccc1)C(C)(C)CC. The topological polar surface area (TPSA) is 26.3 Å². The van der Waals surface area contributed by atoms with Crippen molar-refractivity contribution >= 4 is 5.97 Å². The Labute approximate surface area is 117 Å². The molecule has 0 saturated carbocycles. The zero-order valence-electron chi connectivity index (χ0n) is 12.6. The monoisotopic (exact) mass is 262 g/mol. The van der Waals surface area contributed by atoms with Crippen LogP contribution in [0, 0.1) is 11.3 Å². The van der Waals surface area contributed by atoms with Gasteiger partial charge >= 0.3 is 5.97 Å². The van der Waals surface area contributed by atoms with Gasteiger partial charge in [-0.15, -0.1) is 0 Å². The number of esters is 1. The highest BCUT2D eigenvalue weighted by molar-refractivity contribution is 5.73. The third kappa shape index (κ3) is 4.70. The third-order valence-corrected chi connectivity index (χ3v) is 3.94. The van der Waals surface area contributed by atoms with E-state index in [1.807, 2.05) is 30.3 Å². The molecular formula is C17H26O2. The van der Waals surface area contributed by atoms with Gasteiger partial charge in [0.1, 0.15) is 6.61 Å². The lowest BCUT2D eigenvalue weighted by Gasteiger charge is -2.31. The highest BCUT2D eigenvalue weighted by atomic mass is 16.5. The van der Waals surface area contributed by atoms with Gasteiger partial charge in [0.25, 0.3) is 0 Å². The molecule has 0 spiro atoms. The molecule has 0 saturated heterocycles. The molecule has 1 atom stereocenters. The Morgan fingerprint density at radius 2 is 1.84 bits per heavy atom. The normalized spacial score (nSPS) is 13.1. The first-order valence-corrected chi connectivity index (χ1v) is 7.21. The Bertz CT molecular complexity index is 382. The molecular weight excluding hydrogens is 236 g/mol. The minimum absolute atomic E-state index is 0.00375. The summed E-state index contributed by atoms with van der Waals surface area (Å²) < 4.78 is 5.49. The molecule has 0 aromatic heterocycles. The summed E-state index contributed by atoms with van der Waals surface area (Å²) in [4.78, 5) is 12.3. The second kappa shape index (κ2) is 7.32. The summed E-state index contributed by atoms with van der Waals surface area (Å²) in [7, 11) is 0. The summed E-state index contributed by atoms with van der Waals surface area (Å²) in [6.07, 6.45) is 2.89. The highest BCUT2D eigenvalue weighted by Gasteiger charge is 2.34. The van der Waals surface area contributed by atoms with Crippen molar-refractivity contribution in [2.75, 3.05) is 0 Å². The summed E-state index contributed by atoms with van der Waals surface area (Å²) in [5.74, 6) is -0.0660. The second-order valence-corrected chi connectivity index (χ2v) is 5.78. The van der Waals surface area contributed by atoms with E-state index in [2.05, 4.69) is 27.7 Å². The quantitative estimate of drug-likeness (QED) is 0.672. The third-order valence-electron chi connectivity index (χ3n) is 3.94. The summed E-state index contributed by atoms with van der Waals surface area (Å²) in [5, 5.41) is 0. The maximum atomic E-state index is 12.3. The molecule has 0 aliphatic rings. The molecule has 0 amide bonds. The van der Waals surface area contributed by atoms with E-state index in [0.29, 0.717) is 6.61 Å². The van der Waals surface area contributed by atoms with Gasteiger partial charge in [-0.05, 0) is 17.4 Å². The minimum atomic E-state index is -0.0578. The van der Waals surface area contributed by atoms with E-state index >= 15 is 0 Å². The van der Waals surface area contributed by atoms with E-state index in [0.717, 1.165) is 24.8 Å². The molecule has 0 aliphatic heterocycles. The van der Waals surface area contributed by atoms with Gasteiger partial charge < -0.3 is 4.74 Å². The fraction of sp³-hybridized carbons (Fsp3) is 0.588. The second-order valence-electron chi connectivity index (χ2n) is 5.78. The van der Waals surface area contributed by atoms with E-state index in [9.17, 15) is 4.79 Å². The van der Waals surface area contributed by atoms with Crippen molar-refractivity contribution in [3.8, 4) is 0 Å². The van der Waals surface area contributed by atoms with Gasteiger partial charge in [-0.25, -0.2) is 0 Å². The standard InChI is InChI=1S/C17H26O2/c1-5-10-15(17(3,4)6-2)16(18)19-13-14-11-8-7-9-12-14/h7-9,11-12,15H,5-6,10,13H2,1-4H3. The fourth-order valence-electron chi connectivity index (χ4n) is 2.19. The molecule has 106 valence electrons. The van der Waals surface area contributed by atoms with Crippen molar-refractivity contribution < 1.29 is 9.53 Å². The predicted molar refractivity (Wildman–Crippen MR) is 78.7 cm³/mol. The van der Waals surface area contributed by atoms with E-state index in [1.54, 1.807) is 0 Å². The van der Waals surface area contributed by atoms with E-state index in [-0.39, 0.29) is 17.3 Å². The van der Waals surface area contributed by atoms with Crippen molar-refractivity contribution in [2.24, 2.45) is 11.3 Å². The summed E-state index contributed by atoms with van der Waals surface area (Å²) >= 11 is 0. The van der Waals surface area contributed by atoms with Crippen LogP contribution in [0.3, 0.4) is 0 Å². The molecule has 19 heavy (non-hydrogen) atoms. The molecule has 0 N–H and O–H groups in total. The number of hydrogen-bond donors (Lipinski definition) is 0. The summed E-state index contributed by atoms with van der Waals surface area (Å²) in [5.41, 5.74) is 1.05. The molecule has 0 fully saturated rings. The molecule has 0 bridgehead atoms. The van der Waals surface area contributed by atoms with Crippen LogP contribution in [-0.4, -0.2) is 5.97 Å². The molecule has 1 aromatic rings. The van der Waals surface area contributed by atoms with Crippen LogP contribution in [0.15, 0.2) is 30.3 Å². The molecule has 1 aromatic carbocycles. The Morgan fingerprint density at radius 1 is 1.21 bits per heavy atom. The minimum Gasteiger partial charge on any atom is -0.461 e. The lowest BCUT2D eigenvalue weighted by atomic mass is 9.74. The van der Waals surface area contributed by atoms with Gasteiger partial charge in [0, 0.05) is 0 Å². The molecule has 0 radical (unpaired) electrons. The fourth-order valence-corrected chi connectivity index (χ4v) is 2.19. The van der Waals surface area contributed by atoms with Crippen molar-refractivity contribution in [3.05, 3.63) is 35.9 Å². The first kappa shape index (κ1) is 15.7. The predicted octanol–water partition coefficient (Wildman–Crippen LogP) is 4.58. The average molecular weight is 262 g/mol. The molecule has 1 rings (SSSR count). The Balaban J connectivity index is 2.63. The van der Waals surface area contributed by atoms with E-state index < -0.39 is 0 Å². The van der Waals surface area contributed by atoms with Crippen LogP contribution in [0.25, 0.3) is 0 Å². The smallest absolute Gasteiger partial charge is 0.309 e. The van der Waals surface area contributed by atoms with Gasteiger partial charge in [-0.3, -0.25) is 4.79 Å². The average Bonchev–Trinajstić information content (AvgIpc) is 2.43. The highest BCUT2D eigenvalue weighted by Crippen LogP contribution is 2.34. The van der Waals surface area contributed by atoms with Crippen LogP contribution in [0.5, 0.6) is 0 Å². The lowest BCUT2D eigenvalue weighted by molar-refractivity contribution is -0.154. The van der Waals surface area contributed by atoms with Gasteiger partial charge in [0.15, 0.2) is 0 Å². The molecule has 0 aliphatic carbocycles. The van der Waals surface area contributed by atoms with Crippen LogP contribution in [0.4, 0.5) is 0 Å². The maximum absolute atomic E-state index is 12.3. The number of hydrogen-bond acceptors (Lipinski definition) is 2. The van der Waals surface area contributed by atoms with Crippen molar-refractivity contribution in [2.45, 2.75) is 53.6 Å². The molecule has 0 heterocycles. The van der Waals surface area contributed by atoms with Crippen molar-refractivity contribution in [1.29, 1.82) is 0 Å². The number of ether oxygens (including phenoxy) is 1. The van der Waals surface area contributed by atoms with Gasteiger partial charge in [0.05, 0.1) is 5.92 Å². The van der Waals surface area contributed by atoms with Crippen LogP contribution >= 0.6 is 0 Å². The van der Waals surface area contributed by atoms with Gasteiger partial charge in [0.2, 0.25) is 0 Å². The van der Waals surface area contributed by atoms with Crippen molar-refractivity contribution in [3.63, 3.8) is 0 Å². The van der Waals surface area contributed by atoms with Crippen LogP contribution in [0.2, 0.25) is 0 Å². The Morgan fingerprint density at radius 3 is 2.37 bits per heavy atom. The van der Waals surface area contributed by atoms with Gasteiger partial charge in [-0.1, -0.05) is 70.9 Å². The van der Waals surface area contributed by atoms with E-state index in [4.69, 9.17) is 4.74 Å². The summed E-state index contributed by atoms with van der Waals surface area (Å²) in [6, 6.07) is 9.84. The summed E-state index contributed by atoms with van der Waals surface area (Å²) in [6.45, 7) is 8.92. The number of carbonyl (C=O) groups excluding carboxylic acids is 1. The van der Waals surface area contributed by atoms with Crippen LogP contribution < -0.4 is 0 Å². The first-order chi connectivity index (χ1) is 9.01. The number of rotatable bonds is 7. The molecule has 2 heteroatoms. The van der Waals surface area contributed by atoms with E-state index in [1.165, 1.54) is 0 Å². The largest absolute Gasteiger partial charge is 0.461 e. The Hall–Kier alpha value is -1.31. The molecule has 1 unspecified atom stereocenters. The number of carbonyl (C=O) groups is 1.